The molecule has 5 heteroatoms. The zero-order chi connectivity index (χ0) is 23.3. The minimum Gasteiger partial charge on any atom is -0.478 e. The van der Waals surface area contributed by atoms with Crippen molar-refractivity contribution in [1.29, 1.82) is 10.5 Å². The van der Waals surface area contributed by atoms with Crippen LogP contribution in [0.1, 0.15) is 73.8 Å². The number of hydrogen-bond donors (Lipinski definition) is 1. The molecule has 164 valence electrons. The number of nitrogens with one attached hydrogen (secondary N) is 1. The lowest BCUT2D eigenvalue weighted by Gasteiger charge is -2.35. The predicted molar refractivity (Wildman–Crippen MR) is 127 cm³/mol. The number of fused-ring (bicyclic) bond motifs is 1. The lowest BCUT2D eigenvalue weighted by atomic mass is 9.75. The van der Waals surface area contributed by atoms with Gasteiger partial charge in [0.2, 0.25) is 5.88 Å². The highest BCUT2D eigenvalue weighted by Crippen LogP contribution is 2.50. The van der Waals surface area contributed by atoms with Gasteiger partial charge in [-0.3, -0.25) is 0 Å². The normalized spacial score (nSPS) is 14.8. The first-order chi connectivity index (χ1) is 15.5. The molecule has 1 atom stereocenters. The minimum absolute atomic E-state index is 0.113. The van der Waals surface area contributed by atoms with Crippen LogP contribution in [0, 0.1) is 29.6 Å². The minimum atomic E-state index is -0.113. The van der Waals surface area contributed by atoms with E-state index >= 15 is 0 Å². The summed E-state index contributed by atoms with van der Waals surface area (Å²) >= 11 is 0. The number of rotatable bonds is 8. The molecule has 0 saturated carbocycles. The smallest absolute Gasteiger partial charge is 0.219 e. The maximum atomic E-state index is 9.43. The van der Waals surface area contributed by atoms with Gasteiger partial charge in [0.15, 0.2) is 0 Å². The zero-order valence-corrected chi connectivity index (χ0v) is 19.4. The highest BCUT2D eigenvalue weighted by molar-refractivity contribution is 5.73. The van der Waals surface area contributed by atoms with Gasteiger partial charge in [-0.05, 0) is 80.0 Å². The first-order valence-corrected chi connectivity index (χ1v) is 11.1. The topological polar surface area (TPSA) is 81.7 Å². The van der Waals surface area contributed by atoms with Crippen LogP contribution in [0.5, 0.6) is 5.88 Å². The van der Waals surface area contributed by atoms with Crippen LogP contribution in [0.2, 0.25) is 0 Å². The number of nitrogens with zero attached hydrogens (tertiary/aromatic N) is 3. The largest absolute Gasteiger partial charge is 0.478 e. The van der Waals surface area contributed by atoms with Crippen LogP contribution in [-0.2, 0) is 6.42 Å². The van der Waals surface area contributed by atoms with Crippen molar-refractivity contribution in [2.45, 2.75) is 59.3 Å². The van der Waals surface area contributed by atoms with Gasteiger partial charge in [-0.15, -0.1) is 0 Å². The number of hydrogen-bond acceptors (Lipinski definition) is 5. The molecule has 0 fully saturated rings. The summed E-state index contributed by atoms with van der Waals surface area (Å²) < 4.78 is 5.99. The summed E-state index contributed by atoms with van der Waals surface area (Å²) in [6.45, 7) is 13.1. The SMILES string of the molecule is C=C(CCCC#N)C1=C(C)Nc2c(C)cnc(OCC)c2C1c1ccc(C#N)cc1CC. The Bertz CT molecular complexity index is 1150. The second-order valence-electron chi connectivity index (χ2n) is 8.06. The fraction of sp³-hybridized carbons (Fsp3) is 0.370. The summed E-state index contributed by atoms with van der Waals surface area (Å²) in [7, 11) is 0. The second kappa shape index (κ2) is 10.2. The molecular formula is C27H30N4O. The van der Waals surface area contributed by atoms with Crippen molar-refractivity contribution in [3.05, 3.63) is 75.6 Å². The van der Waals surface area contributed by atoms with E-state index in [9.17, 15) is 5.26 Å². The van der Waals surface area contributed by atoms with E-state index in [2.05, 4.69) is 48.9 Å². The van der Waals surface area contributed by atoms with Gasteiger partial charge in [-0.1, -0.05) is 19.6 Å². The number of ether oxygens (including phenoxy) is 1. The van der Waals surface area contributed by atoms with E-state index in [4.69, 9.17) is 10.00 Å². The van der Waals surface area contributed by atoms with Gasteiger partial charge in [-0.25, -0.2) is 4.98 Å². The molecule has 2 aromatic rings. The fourth-order valence-corrected chi connectivity index (χ4v) is 4.47. The van der Waals surface area contributed by atoms with Gasteiger partial charge in [-0.2, -0.15) is 10.5 Å². The second-order valence-corrected chi connectivity index (χ2v) is 8.06. The van der Waals surface area contributed by atoms with Crippen LogP contribution in [0.25, 0.3) is 0 Å². The van der Waals surface area contributed by atoms with E-state index in [0.717, 1.165) is 64.0 Å². The van der Waals surface area contributed by atoms with Crippen molar-refractivity contribution in [2.24, 2.45) is 0 Å². The van der Waals surface area contributed by atoms with Gasteiger partial charge in [0.1, 0.15) is 0 Å². The Hall–Kier alpha value is -3.57. The third-order valence-corrected chi connectivity index (χ3v) is 5.96. The molecule has 0 saturated heterocycles. The Labute approximate surface area is 191 Å². The van der Waals surface area contributed by atoms with E-state index in [1.165, 1.54) is 0 Å². The predicted octanol–water partition coefficient (Wildman–Crippen LogP) is 6.30. The van der Waals surface area contributed by atoms with Crippen LogP contribution in [0.3, 0.4) is 0 Å². The summed E-state index contributed by atoms with van der Waals surface area (Å²) in [5.74, 6) is 0.504. The fourth-order valence-electron chi connectivity index (χ4n) is 4.47. The van der Waals surface area contributed by atoms with Crippen molar-refractivity contribution in [3.8, 4) is 18.0 Å². The lowest BCUT2D eigenvalue weighted by molar-refractivity contribution is 0.322. The molecule has 1 aliphatic heterocycles. The number of unbranched alkanes of at least 4 members (excludes halogenated alkanes) is 1. The van der Waals surface area contributed by atoms with Crippen molar-refractivity contribution in [3.63, 3.8) is 0 Å². The summed E-state index contributed by atoms with van der Waals surface area (Å²) in [6, 6.07) is 10.4. The maximum Gasteiger partial charge on any atom is 0.219 e. The first kappa shape index (κ1) is 23.1. The Morgan fingerprint density at radius 2 is 2.03 bits per heavy atom. The molecule has 0 radical (unpaired) electrons. The maximum absolute atomic E-state index is 9.43. The Morgan fingerprint density at radius 1 is 1.25 bits per heavy atom. The van der Waals surface area contributed by atoms with Gasteiger partial charge in [0.25, 0.3) is 0 Å². The zero-order valence-electron chi connectivity index (χ0n) is 19.4. The number of aromatic nitrogens is 1. The molecule has 2 heterocycles. The quantitative estimate of drug-likeness (QED) is 0.501. The van der Waals surface area contributed by atoms with Gasteiger partial charge < -0.3 is 10.1 Å². The molecule has 3 rings (SSSR count). The Morgan fingerprint density at radius 3 is 2.69 bits per heavy atom. The number of anilines is 1. The average molecular weight is 427 g/mol. The highest BCUT2D eigenvalue weighted by atomic mass is 16.5. The van der Waals surface area contributed by atoms with E-state index in [1.54, 1.807) is 0 Å². The van der Waals surface area contributed by atoms with Gasteiger partial charge in [0.05, 0.1) is 30.0 Å². The lowest BCUT2D eigenvalue weighted by Crippen LogP contribution is -2.22. The van der Waals surface area contributed by atoms with Crippen molar-refractivity contribution in [1.82, 2.24) is 4.98 Å². The number of aryl methyl sites for hydroxylation is 2. The summed E-state index contributed by atoms with van der Waals surface area (Å²) in [5, 5.41) is 22.0. The van der Waals surface area contributed by atoms with Crippen LogP contribution < -0.4 is 10.1 Å². The Kier molecular flexibility index (Phi) is 7.33. The molecule has 1 aliphatic rings. The van der Waals surface area contributed by atoms with Crippen molar-refractivity contribution >= 4 is 5.69 Å². The van der Waals surface area contributed by atoms with Crippen molar-refractivity contribution < 1.29 is 4.74 Å². The molecule has 0 amide bonds. The van der Waals surface area contributed by atoms with Crippen LogP contribution in [0.15, 0.2) is 47.8 Å². The summed E-state index contributed by atoms with van der Waals surface area (Å²) in [4.78, 5) is 4.63. The molecule has 5 nitrogen and oxygen atoms in total. The molecule has 1 aromatic heterocycles. The number of pyridine rings is 1. The monoisotopic (exact) mass is 426 g/mol. The summed E-state index contributed by atoms with van der Waals surface area (Å²) in [5.41, 5.74) is 9.17. The standard InChI is InChI=1S/C27H30N4O/c1-6-21-14-20(15-29)11-12-22(21)24-23(17(3)10-8-9-13-28)19(5)31-26-18(4)16-30-27(25(24)26)32-7-2/h11-12,14,16,24,31H,3,6-10H2,1-2,4-5H3. The van der Waals surface area contributed by atoms with E-state index in [0.29, 0.717) is 24.5 Å². The van der Waals surface area contributed by atoms with Crippen LogP contribution in [0.4, 0.5) is 5.69 Å². The molecule has 1 unspecified atom stereocenters. The molecule has 1 N–H and O–H groups in total. The van der Waals surface area contributed by atoms with E-state index in [1.807, 2.05) is 32.2 Å². The number of nitriles is 2. The molecule has 0 spiro atoms. The van der Waals surface area contributed by atoms with Crippen molar-refractivity contribution in [2.75, 3.05) is 11.9 Å². The molecule has 0 aliphatic carbocycles. The number of benzene rings is 1. The summed E-state index contributed by atoms with van der Waals surface area (Å²) in [6.07, 6.45) is 4.66. The molecule has 1 aromatic carbocycles. The van der Waals surface area contributed by atoms with Gasteiger partial charge >= 0.3 is 0 Å². The van der Waals surface area contributed by atoms with Crippen LogP contribution >= 0.6 is 0 Å². The third-order valence-electron chi connectivity index (χ3n) is 5.96. The molecule has 32 heavy (non-hydrogen) atoms. The van der Waals surface area contributed by atoms with E-state index in [-0.39, 0.29) is 5.92 Å². The van der Waals surface area contributed by atoms with Gasteiger partial charge in [0, 0.05) is 29.8 Å². The average Bonchev–Trinajstić information content (AvgIpc) is 2.80. The van der Waals surface area contributed by atoms with E-state index < -0.39 is 0 Å². The number of allylic oxidation sites excluding steroid dienone is 3. The highest BCUT2D eigenvalue weighted by Gasteiger charge is 2.34. The molecular weight excluding hydrogens is 396 g/mol. The molecule has 0 bridgehead atoms. The third kappa shape index (κ3) is 4.39. The van der Waals surface area contributed by atoms with Crippen LogP contribution in [-0.4, -0.2) is 11.6 Å². The first-order valence-electron chi connectivity index (χ1n) is 11.1. The Balaban J connectivity index is 2.28.